The largest absolute Gasteiger partial charge is 0.492 e. The van der Waals surface area contributed by atoms with E-state index < -0.39 is 0 Å². The number of hydrogen-bond acceptors (Lipinski definition) is 6. The van der Waals surface area contributed by atoms with Gasteiger partial charge in [-0.15, -0.1) is 10.2 Å². The van der Waals surface area contributed by atoms with Gasteiger partial charge in [-0.25, -0.2) is 0 Å². The topological polar surface area (TPSA) is 78.3 Å². The third kappa shape index (κ3) is 6.77. The summed E-state index contributed by atoms with van der Waals surface area (Å²) in [5.41, 5.74) is 1.59. The van der Waals surface area contributed by atoms with Gasteiger partial charge in [0.2, 0.25) is 5.91 Å². The van der Waals surface area contributed by atoms with Gasteiger partial charge in [0.15, 0.2) is 11.0 Å². The van der Waals surface area contributed by atoms with Crippen LogP contribution in [0.1, 0.15) is 19.2 Å². The predicted molar refractivity (Wildman–Crippen MR) is 139 cm³/mol. The fourth-order valence-corrected chi connectivity index (χ4v) is 4.34. The van der Waals surface area contributed by atoms with Crippen molar-refractivity contribution in [2.45, 2.75) is 25.1 Å². The second kappa shape index (κ2) is 12.3. The lowest BCUT2D eigenvalue weighted by Crippen LogP contribution is -2.13. The van der Waals surface area contributed by atoms with Crippen LogP contribution in [0.4, 0.5) is 5.69 Å². The van der Waals surface area contributed by atoms with E-state index in [4.69, 9.17) is 21.1 Å². The number of halogens is 1. The number of nitrogens with one attached hydrogen (secondary N) is 1. The van der Waals surface area contributed by atoms with Gasteiger partial charge in [-0.1, -0.05) is 53.7 Å². The maximum absolute atomic E-state index is 12.6. The van der Waals surface area contributed by atoms with Gasteiger partial charge >= 0.3 is 0 Å². The molecule has 1 heterocycles. The highest BCUT2D eigenvalue weighted by Crippen LogP contribution is 2.26. The molecule has 0 saturated carbocycles. The van der Waals surface area contributed by atoms with Crippen molar-refractivity contribution in [2.24, 2.45) is 0 Å². The maximum atomic E-state index is 12.6. The molecule has 0 aliphatic carbocycles. The fraction of sp³-hybridized carbons (Fsp3) is 0.192. The van der Waals surface area contributed by atoms with E-state index >= 15 is 0 Å². The molecule has 4 rings (SSSR count). The van der Waals surface area contributed by atoms with Crippen molar-refractivity contribution in [3.8, 4) is 17.2 Å². The Morgan fingerprint density at radius 3 is 2.49 bits per heavy atom. The van der Waals surface area contributed by atoms with E-state index in [9.17, 15) is 4.79 Å². The number of carbonyl (C=O) groups is 1. The van der Waals surface area contributed by atoms with Gasteiger partial charge in [-0.05, 0) is 55.5 Å². The van der Waals surface area contributed by atoms with Crippen molar-refractivity contribution in [3.63, 3.8) is 0 Å². The van der Waals surface area contributed by atoms with Crippen molar-refractivity contribution in [3.05, 3.63) is 89.7 Å². The van der Waals surface area contributed by atoms with Crippen LogP contribution in [0.5, 0.6) is 11.5 Å². The summed E-state index contributed by atoms with van der Waals surface area (Å²) in [6, 6.07) is 24.4. The Bertz CT molecular complexity index is 1250. The van der Waals surface area contributed by atoms with Crippen LogP contribution in [0.3, 0.4) is 0 Å². The number of thioether (sulfide) groups is 1. The van der Waals surface area contributed by atoms with Crippen LogP contribution < -0.4 is 14.8 Å². The smallest absolute Gasteiger partial charge is 0.225 e. The van der Waals surface area contributed by atoms with Gasteiger partial charge in [-0.2, -0.15) is 0 Å². The summed E-state index contributed by atoms with van der Waals surface area (Å²) in [6.07, 6.45) is 0.309. The zero-order valence-electron chi connectivity index (χ0n) is 19.2. The number of anilines is 1. The number of amides is 1. The molecular weight excluding hydrogens is 484 g/mol. The van der Waals surface area contributed by atoms with Crippen LogP contribution in [0, 0.1) is 0 Å². The van der Waals surface area contributed by atoms with Gasteiger partial charge < -0.3 is 14.8 Å². The zero-order chi connectivity index (χ0) is 24.5. The molecule has 0 bridgehead atoms. The molecule has 3 aromatic carbocycles. The van der Waals surface area contributed by atoms with Crippen molar-refractivity contribution in [1.29, 1.82) is 0 Å². The molecule has 9 heteroatoms. The summed E-state index contributed by atoms with van der Waals surface area (Å²) < 4.78 is 13.4. The van der Waals surface area contributed by atoms with Crippen molar-refractivity contribution in [2.75, 3.05) is 17.7 Å². The SMILES string of the molecule is CCOc1ccccc1NC(=O)CCSc1nnc(COc2ccc(Cl)cc2)n1-c1ccccc1. The number of rotatable bonds is 11. The number of hydrogen-bond donors (Lipinski definition) is 1. The first-order valence-corrected chi connectivity index (χ1v) is 12.5. The van der Waals surface area contributed by atoms with Crippen LogP contribution in [-0.4, -0.2) is 33.0 Å². The van der Waals surface area contributed by atoms with Crippen LogP contribution in [-0.2, 0) is 11.4 Å². The minimum Gasteiger partial charge on any atom is -0.492 e. The van der Waals surface area contributed by atoms with E-state index in [1.54, 1.807) is 12.1 Å². The lowest BCUT2D eigenvalue weighted by atomic mass is 10.3. The molecule has 0 atom stereocenters. The molecule has 0 radical (unpaired) electrons. The van der Waals surface area contributed by atoms with Gasteiger partial charge in [0.05, 0.1) is 12.3 Å². The minimum absolute atomic E-state index is 0.0956. The van der Waals surface area contributed by atoms with Gasteiger partial charge in [-0.3, -0.25) is 9.36 Å². The second-order valence-electron chi connectivity index (χ2n) is 7.39. The molecule has 0 saturated heterocycles. The summed E-state index contributed by atoms with van der Waals surface area (Å²) in [5, 5.41) is 13.0. The van der Waals surface area contributed by atoms with Crippen LogP contribution in [0.2, 0.25) is 5.02 Å². The molecule has 0 aliphatic rings. The Labute approximate surface area is 213 Å². The maximum Gasteiger partial charge on any atom is 0.225 e. The molecule has 0 spiro atoms. The number of carbonyl (C=O) groups excluding carboxylic acids is 1. The average Bonchev–Trinajstić information content (AvgIpc) is 3.28. The van der Waals surface area contributed by atoms with E-state index in [1.807, 2.05) is 78.2 Å². The molecule has 1 N–H and O–H groups in total. The number of para-hydroxylation sites is 3. The van der Waals surface area contributed by atoms with E-state index in [1.165, 1.54) is 11.8 Å². The number of ether oxygens (including phenoxy) is 2. The van der Waals surface area contributed by atoms with E-state index in [2.05, 4.69) is 15.5 Å². The Morgan fingerprint density at radius 2 is 1.71 bits per heavy atom. The minimum atomic E-state index is -0.0956. The molecule has 1 amide bonds. The molecule has 1 aromatic heterocycles. The Hall–Kier alpha value is -3.49. The Kier molecular flexibility index (Phi) is 8.64. The Morgan fingerprint density at radius 1 is 0.971 bits per heavy atom. The summed E-state index contributed by atoms with van der Waals surface area (Å²) in [4.78, 5) is 12.6. The molecule has 4 aromatic rings. The van der Waals surface area contributed by atoms with Crippen LogP contribution in [0.15, 0.2) is 84.0 Å². The fourth-order valence-electron chi connectivity index (χ4n) is 3.30. The molecule has 7 nitrogen and oxygen atoms in total. The van der Waals surface area contributed by atoms with Crippen molar-refractivity contribution < 1.29 is 14.3 Å². The lowest BCUT2D eigenvalue weighted by molar-refractivity contribution is -0.115. The summed E-state index contributed by atoms with van der Waals surface area (Å²) >= 11 is 7.42. The molecule has 0 aliphatic heterocycles. The quantitative estimate of drug-likeness (QED) is 0.250. The normalized spacial score (nSPS) is 10.7. The summed E-state index contributed by atoms with van der Waals surface area (Å²) in [7, 11) is 0. The summed E-state index contributed by atoms with van der Waals surface area (Å²) in [6.45, 7) is 2.67. The highest BCUT2D eigenvalue weighted by Gasteiger charge is 2.16. The Balaban J connectivity index is 1.42. The monoisotopic (exact) mass is 508 g/mol. The lowest BCUT2D eigenvalue weighted by Gasteiger charge is -2.12. The first-order chi connectivity index (χ1) is 17.1. The molecule has 180 valence electrons. The van der Waals surface area contributed by atoms with Gasteiger partial charge in [0.25, 0.3) is 0 Å². The number of nitrogens with zero attached hydrogens (tertiary/aromatic N) is 3. The molecule has 0 unspecified atom stereocenters. The number of aromatic nitrogens is 3. The molecular formula is C26H25ClN4O3S. The van der Waals surface area contributed by atoms with Gasteiger partial charge in [0.1, 0.15) is 18.1 Å². The third-order valence-corrected chi connectivity index (χ3v) is 6.10. The average molecular weight is 509 g/mol. The first kappa shape index (κ1) is 24.6. The van der Waals surface area contributed by atoms with E-state index in [0.29, 0.717) is 52.0 Å². The highest BCUT2D eigenvalue weighted by atomic mass is 35.5. The number of benzene rings is 3. The standard InChI is InChI=1S/C26H25ClN4O3S/c1-2-33-23-11-7-6-10-22(23)28-25(32)16-17-35-26-30-29-24(31(26)20-8-4-3-5-9-20)18-34-21-14-12-19(27)13-15-21/h3-15H,2,16-18H2,1H3,(H,28,32). The van der Waals surface area contributed by atoms with Crippen molar-refractivity contribution in [1.82, 2.24) is 14.8 Å². The zero-order valence-corrected chi connectivity index (χ0v) is 20.8. The van der Waals surface area contributed by atoms with E-state index in [0.717, 1.165) is 5.69 Å². The van der Waals surface area contributed by atoms with Crippen molar-refractivity contribution >= 4 is 35.0 Å². The molecule has 0 fully saturated rings. The first-order valence-electron chi connectivity index (χ1n) is 11.2. The third-order valence-electron chi connectivity index (χ3n) is 4.92. The van der Waals surface area contributed by atoms with Gasteiger partial charge in [0, 0.05) is 22.9 Å². The van der Waals surface area contributed by atoms with Crippen LogP contribution >= 0.6 is 23.4 Å². The molecule has 35 heavy (non-hydrogen) atoms. The van der Waals surface area contributed by atoms with E-state index in [-0.39, 0.29) is 12.5 Å². The van der Waals surface area contributed by atoms with Crippen LogP contribution in [0.25, 0.3) is 5.69 Å². The highest BCUT2D eigenvalue weighted by molar-refractivity contribution is 7.99. The predicted octanol–water partition coefficient (Wildman–Crippen LogP) is 6.02. The summed E-state index contributed by atoms with van der Waals surface area (Å²) in [5.74, 6) is 2.44. The second-order valence-corrected chi connectivity index (χ2v) is 8.89.